The summed E-state index contributed by atoms with van der Waals surface area (Å²) in [4.78, 5) is 23.1. The first kappa shape index (κ1) is 14.4. The Hall–Kier alpha value is -3.02. The van der Waals surface area contributed by atoms with Gasteiger partial charge in [-0.3, -0.25) is 4.79 Å². The number of ether oxygens (including phenoxy) is 1. The second-order valence-corrected chi connectivity index (χ2v) is 4.04. The van der Waals surface area contributed by atoms with E-state index in [0.717, 1.165) is 0 Å². The van der Waals surface area contributed by atoms with Crippen LogP contribution >= 0.6 is 0 Å². The van der Waals surface area contributed by atoms with E-state index in [2.05, 4.69) is 5.32 Å². The number of hydrogen-bond acceptors (Lipinski definition) is 4. The molecule has 2 aromatic rings. The van der Waals surface area contributed by atoms with Crippen LogP contribution in [0.2, 0.25) is 0 Å². The molecule has 2 rings (SSSR count). The SMILES string of the molecule is COc1ccccc1C=C(NC(=O)c1ccco1)C(=O)O. The summed E-state index contributed by atoms with van der Waals surface area (Å²) in [6.07, 6.45) is 2.65. The Labute approximate surface area is 120 Å². The zero-order chi connectivity index (χ0) is 15.2. The molecule has 0 saturated heterocycles. The van der Waals surface area contributed by atoms with Gasteiger partial charge in [-0.1, -0.05) is 18.2 Å². The van der Waals surface area contributed by atoms with Crippen molar-refractivity contribution in [2.24, 2.45) is 0 Å². The van der Waals surface area contributed by atoms with Gasteiger partial charge in [0.1, 0.15) is 11.4 Å². The molecule has 21 heavy (non-hydrogen) atoms. The average Bonchev–Trinajstić information content (AvgIpc) is 3.01. The Morgan fingerprint density at radius 1 is 1.24 bits per heavy atom. The average molecular weight is 287 g/mol. The Balaban J connectivity index is 2.29. The summed E-state index contributed by atoms with van der Waals surface area (Å²) in [5.41, 5.74) is 0.262. The van der Waals surface area contributed by atoms with Crippen LogP contribution in [-0.4, -0.2) is 24.1 Å². The minimum Gasteiger partial charge on any atom is -0.496 e. The molecule has 0 fully saturated rings. The Morgan fingerprint density at radius 2 is 2.00 bits per heavy atom. The minimum atomic E-state index is -1.26. The molecule has 108 valence electrons. The van der Waals surface area contributed by atoms with Crippen molar-refractivity contribution in [3.63, 3.8) is 0 Å². The van der Waals surface area contributed by atoms with Gasteiger partial charge in [0.25, 0.3) is 5.91 Å². The van der Waals surface area contributed by atoms with E-state index < -0.39 is 11.9 Å². The molecule has 2 N–H and O–H groups in total. The molecule has 0 aliphatic rings. The second-order valence-electron chi connectivity index (χ2n) is 4.04. The first-order chi connectivity index (χ1) is 10.1. The van der Waals surface area contributed by atoms with Crippen molar-refractivity contribution in [3.05, 3.63) is 59.7 Å². The van der Waals surface area contributed by atoms with Crippen molar-refractivity contribution in [1.82, 2.24) is 5.32 Å². The molecule has 0 aliphatic heterocycles. The highest BCUT2D eigenvalue weighted by Gasteiger charge is 2.15. The molecule has 0 unspecified atom stereocenters. The van der Waals surface area contributed by atoms with E-state index in [4.69, 9.17) is 9.15 Å². The van der Waals surface area contributed by atoms with Gasteiger partial charge in [-0.25, -0.2) is 4.79 Å². The summed E-state index contributed by atoms with van der Waals surface area (Å²) in [5, 5.41) is 11.5. The quantitative estimate of drug-likeness (QED) is 0.822. The predicted molar refractivity (Wildman–Crippen MR) is 74.8 cm³/mol. The molecule has 1 heterocycles. The lowest BCUT2D eigenvalue weighted by molar-refractivity contribution is -0.132. The normalized spacial score (nSPS) is 11.0. The van der Waals surface area contributed by atoms with Crippen LogP contribution in [0.25, 0.3) is 6.08 Å². The first-order valence-electron chi connectivity index (χ1n) is 6.04. The fraction of sp³-hybridized carbons (Fsp3) is 0.0667. The molecular formula is C15H13NO5. The van der Waals surface area contributed by atoms with Crippen LogP contribution in [0.4, 0.5) is 0 Å². The van der Waals surface area contributed by atoms with Gasteiger partial charge in [-0.2, -0.15) is 0 Å². The number of carbonyl (C=O) groups is 2. The van der Waals surface area contributed by atoms with Crippen LogP contribution in [0, 0.1) is 0 Å². The van der Waals surface area contributed by atoms with Crippen LogP contribution in [-0.2, 0) is 4.79 Å². The minimum absolute atomic E-state index is 0.0298. The van der Waals surface area contributed by atoms with Crippen molar-refractivity contribution in [3.8, 4) is 5.75 Å². The smallest absolute Gasteiger partial charge is 0.352 e. The van der Waals surface area contributed by atoms with E-state index in [1.807, 2.05) is 0 Å². The lowest BCUT2D eigenvalue weighted by Crippen LogP contribution is -2.26. The maximum absolute atomic E-state index is 11.8. The summed E-state index contributed by atoms with van der Waals surface area (Å²) in [6.45, 7) is 0. The van der Waals surface area contributed by atoms with E-state index in [1.165, 1.54) is 25.5 Å². The molecular weight excluding hydrogens is 274 g/mol. The van der Waals surface area contributed by atoms with Crippen molar-refractivity contribution in [1.29, 1.82) is 0 Å². The number of para-hydroxylation sites is 1. The second kappa shape index (κ2) is 6.42. The number of rotatable bonds is 5. The summed E-state index contributed by atoms with van der Waals surface area (Å²) in [5.74, 6) is -1.37. The number of furan rings is 1. The van der Waals surface area contributed by atoms with Crippen LogP contribution in [0.3, 0.4) is 0 Å². The number of benzene rings is 1. The maximum Gasteiger partial charge on any atom is 0.352 e. The van der Waals surface area contributed by atoms with Gasteiger partial charge in [0, 0.05) is 5.56 Å². The molecule has 0 saturated carbocycles. The topological polar surface area (TPSA) is 88.8 Å². The number of aliphatic carboxylic acids is 1. The lowest BCUT2D eigenvalue weighted by atomic mass is 10.1. The van der Waals surface area contributed by atoms with Crippen molar-refractivity contribution < 1.29 is 23.8 Å². The summed E-state index contributed by atoms with van der Waals surface area (Å²) < 4.78 is 10.0. The molecule has 0 radical (unpaired) electrons. The van der Waals surface area contributed by atoms with Gasteiger partial charge in [0.05, 0.1) is 13.4 Å². The molecule has 6 heteroatoms. The number of hydrogen-bond donors (Lipinski definition) is 2. The molecule has 0 aliphatic carbocycles. The molecule has 0 atom stereocenters. The highest BCUT2D eigenvalue weighted by Crippen LogP contribution is 2.20. The Kier molecular flexibility index (Phi) is 4.40. The zero-order valence-electron chi connectivity index (χ0n) is 11.2. The Bertz CT molecular complexity index is 673. The van der Waals surface area contributed by atoms with Crippen molar-refractivity contribution in [2.45, 2.75) is 0 Å². The van der Waals surface area contributed by atoms with E-state index in [0.29, 0.717) is 11.3 Å². The summed E-state index contributed by atoms with van der Waals surface area (Å²) in [6, 6.07) is 9.86. The van der Waals surface area contributed by atoms with Gasteiger partial charge in [-0.15, -0.1) is 0 Å². The highest BCUT2D eigenvalue weighted by atomic mass is 16.5. The third-order valence-corrected chi connectivity index (χ3v) is 2.66. The number of carbonyl (C=O) groups excluding carboxylic acids is 1. The molecule has 1 aromatic carbocycles. The molecule has 1 aromatic heterocycles. The fourth-order valence-electron chi connectivity index (χ4n) is 1.68. The van der Waals surface area contributed by atoms with E-state index in [9.17, 15) is 14.7 Å². The lowest BCUT2D eigenvalue weighted by Gasteiger charge is -2.07. The third-order valence-electron chi connectivity index (χ3n) is 2.66. The summed E-state index contributed by atoms with van der Waals surface area (Å²) in [7, 11) is 1.48. The van der Waals surface area contributed by atoms with Gasteiger partial charge in [-0.05, 0) is 24.3 Å². The fourth-order valence-corrected chi connectivity index (χ4v) is 1.68. The number of methoxy groups -OCH3 is 1. The van der Waals surface area contributed by atoms with Crippen molar-refractivity contribution in [2.75, 3.05) is 7.11 Å². The standard InChI is InChI=1S/C15H13NO5/c1-20-12-6-3-2-5-10(12)9-11(15(18)19)16-14(17)13-7-4-8-21-13/h2-9H,1H3,(H,16,17)(H,18,19). The van der Waals surface area contributed by atoms with Gasteiger partial charge in [0.15, 0.2) is 5.76 Å². The van der Waals surface area contributed by atoms with Crippen LogP contribution in [0.15, 0.2) is 52.8 Å². The van der Waals surface area contributed by atoms with E-state index in [-0.39, 0.29) is 11.5 Å². The molecule has 0 bridgehead atoms. The van der Waals surface area contributed by atoms with Crippen LogP contribution < -0.4 is 10.1 Å². The maximum atomic E-state index is 11.8. The number of carboxylic acids is 1. The number of nitrogens with one attached hydrogen (secondary N) is 1. The first-order valence-corrected chi connectivity index (χ1v) is 6.04. The third kappa shape index (κ3) is 3.50. The van der Waals surface area contributed by atoms with Crippen molar-refractivity contribution >= 4 is 18.0 Å². The van der Waals surface area contributed by atoms with E-state index >= 15 is 0 Å². The van der Waals surface area contributed by atoms with Gasteiger partial charge in [0.2, 0.25) is 0 Å². The van der Waals surface area contributed by atoms with Gasteiger partial charge >= 0.3 is 5.97 Å². The molecule has 1 amide bonds. The monoisotopic (exact) mass is 287 g/mol. The molecule has 0 spiro atoms. The van der Waals surface area contributed by atoms with Gasteiger partial charge < -0.3 is 19.6 Å². The Morgan fingerprint density at radius 3 is 2.62 bits per heavy atom. The molecule has 6 nitrogen and oxygen atoms in total. The van der Waals surface area contributed by atoms with E-state index in [1.54, 1.807) is 30.3 Å². The van der Waals surface area contributed by atoms with Crippen LogP contribution in [0.1, 0.15) is 16.1 Å². The summed E-state index contributed by atoms with van der Waals surface area (Å²) >= 11 is 0. The predicted octanol–water partition coefficient (Wildman–Crippen LogP) is 2.14. The number of amides is 1. The zero-order valence-corrected chi connectivity index (χ0v) is 11.2. The van der Waals surface area contributed by atoms with Crippen LogP contribution in [0.5, 0.6) is 5.75 Å². The number of carboxylic acid groups (broad SMARTS) is 1. The highest BCUT2D eigenvalue weighted by molar-refractivity contribution is 6.01. The largest absolute Gasteiger partial charge is 0.496 e.